The van der Waals surface area contributed by atoms with Crippen molar-refractivity contribution in [3.05, 3.63) is 71.4 Å². The number of carbonyl (C=O) groups is 3. The van der Waals surface area contributed by atoms with E-state index in [0.717, 1.165) is 22.3 Å². The molecule has 180 valence electrons. The summed E-state index contributed by atoms with van der Waals surface area (Å²) < 4.78 is 12.1. The lowest BCUT2D eigenvalue weighted by atomic mass is 9.98. The SMILES string of the molecule is Cn1nc(C(=O)NC2COCC2C(=O)O)cc1NC(=O)OCC1c2ccccc2-c2ccccc21. The summed E-state index contributed by atoms with van der Waals surface area (Å²) in [4.78, 5) is 36.4. The van der Waals surface area contributed by atoms with Gasteiger partial charge < -0.3 is 19.9 Å². The maximum Gasteiger partial charge on any atom is 0.412 e. The number of amides is 2. The van der Waals surface area contributed by atoms with Crippen LogP contribution in [0.15, 0.2) is 54.6 Å². The van der Waals surface area contributed by atoms with Gasteiger partial charge in [0.1, 0.15) is 18.3 Å². The Balaban J connectivity index is 1.22. The standard InChI is InChI=1S/C25H24N4O6/c1-29-22(10-20(28-29)23(30)26-21-13-34-11-19(21)24(31)32)27-25(33)35-12-18-16-8-4-2-6-14(16)15-7-3-5-9-17(15)18/h2-10,18-19,21H,11-13H2,1H3,(H,26,30)(H,27,33)(H,31,32). The molecule has 1 aliphatic carbocycles. The number of hydrogen-bond donors (Lipinski definition) is 3. The third-order valence-corrected chi connectivity index (χ3v) is 6.40. The number of nitrogens with one attached hydrogen (secondary N) is 2. The fourth-order valence-electron chi connectivity index (χ4n) is 4.62. The van der Waals surface area contributed by atoms with Crippen LogP contribution in [0.25, 0.3) is 11.1 Å². The highest BCUT2D eigenvalue weighted by Gasteiger charge is 2.35. The summed E-state index contributed by atoms with van der Waals surface area (Å²) in [6.45, 7) is 0.306. The zero-order valence-corrected chi connectivity index (χ0v) is 18.9. The number of benzene rings is 2. The lowest BCUT2D eigenvalue weighted by molar-refractivity contribution is -0.142. The molecule has 0 radical (unpaired) electrons. The van der Waals surface area contributed by atoms with Gasteiger partial charge in [0.05, 0.1) is 19.3 Å². The molecule has 3 N–H and O–H groups in total. The normalized spacial score (nSPS) is 18.5. The highest BCUT2D eigenvalue weighted by Crippen LogP contribution is 2.44. The summed E-state index contributed by atoms with van der Waals surface area (Å²) in [6.07, 6.45) is -0.669. The van der Waals surface area contributed by atoms with Crippen molar-refractivity contribution in [2.75, 3.05) is 25.1 Å². The molecule has 10 nitrogen and oxygen atoms in total. The van der Waals surface area contributed by atoms with Crippen LogP contribution in [0.2, 0.25) is 0 Å². The Labute approximate surface area is 200 Å². The number of aryl methyl sites for hydroxylation is 1. The van der Waals surface area contributed by atoms with E-state index >= 15 is 0 Å². The van der Waals surface area contributed by atoms with Crippen LogP contribution in [0, 0.1) is 5.92 Å². The molecule has 0 saturated carbocycles. The van der Waals surface area contributed by atoms with Crippen molar-refractivity contribution in [2.45, 2.75) is 12.0 Å². The van der Waals surface area contributed by atoms with Gasteiger partial charge in [-0.2, -0.15) is 5.10 Å². The van der Waals surface area contributed by atoms with Crippen molar-refractivity contribution >= 4 is 23.8 Å². The predicted octanol–water partition coefficient (Wildman–Crippen LogP) is 2.61. The van der Waals surface area contributed by atoms with Gasteiger partial charge in [-0.15, -0.1) is 0 Å². The lowest BCUT2D eigenvalue weighted by Gasteiger charge is -2.14. The van der Waals surface area contributed by atoms with Crippen LogP contribution >= 0.6 is 0 Å². The molecular weight excluding hydrogens is 452 g/mol. The second-order valence-electron chi connectivity index (χ2n) is 8.55. The lowest BCUT2D eigenvalue weighted by Crippen LogP contribution is -2.42. The van der Waals surface area contributed by atoms with Crippen molar-refractivity contribution in [3.63, 3.8) is 0 Å². The molecule has 1 aromatic heterocycles. The second kappa shape index (κ2) is 9.22. The molecule has 1 aliphatic heterocycles. The number of carboxylic acids is 1. The van der Waals surface area contributed by atoms with Gasteiger partial charge in [0.25, 0.3) is 5.91 Å². The first-order chi connectivity index (χ1) is 16.9. The molecule has 0 spiro atoms. The molecule has 10 heteroatoms. The van der Waals surface area contributed by atoms with E-state index in [1.54, 1.807) is 7.05 Å². The van der Waals surface area contributed by atoms with E-state index in [1.165, 1.54) is 10.7 Å². The number of fused-ring (bicyclic) bond motifs is 3. The third kappa shape index (κ3) is 4.35. The van der Waals surface area contributed by atoms with Crippen molar-refractivity contribution in [1.29, 1.82) is 0 Å². The largest absolute Gasteiger partial charge is 0.481 e. The Morgan fingerprint density at radius 3 is 2.40 bits per heavy atom. The molecule has 3 aromatic rings. The number of carboxylic acid groups (broad SMARTS) is 1. The smallest absolute Gasteiger partial charge is 0.412 e. The summed E-state index contributed by atoms with van der Waals surface area (Å²) >= 11 is 0. The highest BCUT2D eigenvalue weighted by molar-refractivity contribution is 5.95. The molecule has 2 amide bonds. The van der Waals surface area contributed by atoms with Crippen LogP contribution in [0.3, 0.4) is 0 Å². The number of anilines is 1. The van der Waals surface area contributed by atoms with E-state index in [4.69, 9.17) is 9.47 Å². The van der Waals surface area contributed by atoms with Gasteiger partial charge in [0, 0.05) is 19.0 Å². The van der Waals surface area contributed by atoms with Crippen molar-refractivity contribution in [2.24, 2.45) is 13.0 Å². The van der Waals surface area contributed by atoms with Gasteiger partial charge in [0.15, 0.2) is 5.69 Å². The van der Waals surface area contributed by atoms with Gasteiger partial charge >= 0.3 is 12.1 Å². The second-order valence-corrected chi connectivity index (χ2v) is 8.55. The molecule has 5 rings (SSSR count). The van der Waals surface area contributed by atoms with Gasteiger partial charge in [0.2, 0.25) is 0 Å². The van der Waals surface area contributed by atoms with E-state index in [-0.39, 0.29) is 37.3 Å². The molecule has 2 aromatic carbocycles. The van der Waals surface area contributed by atoms with Crippen molar-refractivity contribution < 1.29 is 29.0 Å². The Morgan fingerprint density at radius 2 is 1.74 bits per heavy atom. The fourth-order valence-corrected chi connectivity index (χ4v) is 4.62. The maximum absolute atomic E-state index is 12.6. The van der Waals surface area contributed by atoms with Crippen LogP contribution in [-0.2, 0) is 21.3 Å². The van der Waals surface area contributed by atoms with Gasteiger partial charge in [-0.25, -0.2) is 4.79 Å². The summed E-state index contributed by atoms with van der Waals surface area (Å²) in [6, 6.07) is 16.9. The number of rotatable bonds is 6. The molecular formula is C25H24N4O6. The molecule has 2 atom stereocenters. The Hall–Kier alpha value is -4.18. The monoisotopic (exact) mass is 476 g/mol. The van der Waals surface area contributed by atoms with E-state index in [9.17, 15) is 19.5 Å². The molecule has 2 heterocycles. The quantitative estimate of drug-likeness (QED) is 0.498. The van der Waals surface area contributed by atoms with Crippen LogP contribution in [0.5, 0.6) is 0 Å². The van der Waals surface area contributed by atoms with E-state index in [1.807, 2.05) is 36.4 Å². The van der Waals surface area contributed by atoms with Crippen LogP contribution in [0.4, 0.5) is 10.6 Å². The summed E-state index contributed by atoms with van der Waals surface area (Å²) in [5.74, 6) is -2.21. The Bertz CT molecular complexity index is 1260. The number of ether oxygens (including phenoxy) is 2. The van der Waals surface area contributed by atoms with E-state index < -0.39 is 29.9 Å². The first kappa shape index (κ1) is 22.6. The molecule has 1 fully saturated rings. The first-order valence-corrected chi connectivity index (χ1v) is 11.2. The van der Waals surface area contributed by atoms with Gasteiger partial charge in [-0.1, -0.05) is 48.5 Å². The average molecular weight is 476 g/mol. The minimum absolute atomic E-state index is 0.0388. The highest BCUT2D eigenvalue weighted by atomic mass is 16.5. The van der Waals surface area contributed by atoms with Crippen molar-refractivity contribution in [1.82, 2.24) is 15.1 Å². The van der Waals surface area contributed by atoms with Crippen molar-refractivity contribution in [3.8, 4) is 11.1 Å². The zero-order chi connectivity index (χ0) is 24.5. The van der Waals surface area contributed by atoms with Crippen LogP contribution < -0.4 is 10.6 Å². The van der Waals surface area contributed by atoms with Gasteiger partial charge in [-0.3, -0.25) is 19.6 Å². The number of aliphatic carboxylic acids is 1. The molecule has 2 unspecified atom stereocenters. The average Bonchev–Trinajstić information content (AvgIpc) is 3.54. The summed E-state index contributed by atoms with van der Waals surface area (Å²) in [5, 5.41) is 18.6. The first-order valence-electron chi connectivity index (χ1n) is 11.2. The van der Waals surface area contributed by atoms with Crippen LogP contribution in [-0.4, -0.2) is 58.7 Å². The Kier molecular flexibility index (Phi) is 5.96. The topological polar surface area (TPSA) is 132 Å². The predicted molar refractivity (Wildman–Crippen MR) is 125 cm³/mol. The molecule has 1 saturated heterocycles. The molecule has 35 heavy (non-hydrogen) atoms. The minimum Gasteiger partial charge on any atom is -0.481 e. The fraction of sp³-hybridized carbons (Fsp3) is 0.280. The minimum atomic E-state index is -1.04. The molecule has 0 bridgehead atoms. The van der Waals surface area contributed by atoms with Gasteiger partial charge in [-0.05, 0) is 22.3 Å². The molecule has 2 aliphatic rings. The van der Waals surface area contributed by atoms with E-state index in [2.05, 4.69) is 27.9 Å². The Morgan fingerprint density at radius 1 is 1.09 bits per heavy atom. The maximum atomic E-state index is 12.6. The summed E-state index contributed by atoms with van der Waals surface area (Å²) in [5.41, 5.74) is 4.53. The number of aromatic nitrogens is 2. The number of hydrogen-bond acceptors (Lipinski definition) is 6. The van der Waals surface area contributed by atoms with Crippen LogP contribution in [0.1, 0.15) is 27.5 Å². The summed E-state index contributed by atoms with van der Waals surface area (Å²) in [7, 11) is 1.58. The zero-order valence-electron chi connectivity index (χ0n) is 18.9. The number of carbonyl (C=O) groups excluding carboxylic acids is 2. The number of nitrogens with zero attached hydrogens (tertiary/aromatic N) is 2. The van der Waals surface area contributed by atoms with E-state index in [0.29, 0.717) is 0 Å². The third-order valence-electron chi connectivity index (χ3n) is 6.40.